The van der Waals surface area contributed by atoms with Crippen molar-refractivity contribution in [3.05, 3.63) is 78.4 Å². The maximum Gasteiger partial charge on any atom is 0.243 e. The first-order valence-corrected chi connectivity index (χ1v) is 12.5. The zero-order valence-corrected chi connectivity index (χ0v) is 20.0. The normalized spacial score (nSPS) is 11.5. The number of carbonyl (C=O) groups is 2. The van der Waals surface area contributed by atoms with Crippen molar-refractivity contribution in [1.82, 2.24) is 9.29 Å². The predicted molar refractivity (Wildman–Crippen MR) is 131 cm³/mol. The number of aromatic nitrogens is 1. The summed E-state index contributed by atoms with van der Waals surface area (Å²) >= 11 is 1.26. The quantitative estimate of drug-likeness (QED) is 0.360. The molecule has 8 nitrogen and oxygen atoms in total. The van der Waals surface area contributed by atoms with Gasteiger partial charge in [0, 0.05) is 18.7 Å². The molecule has 3 aromatic carbocycles. The van der Waals surface area contributed by atoms with E-state index in [1.165, 1.54) is 49.6 Å². The Kier molecular flexibility index (Phi) is 6.73. The van der Waals surface area contributed by atoms with Crippen molar-refractivity contribution in [2.24, 2.45) is 0 Å². The van der Waals surface area contributed by atoms with Gasteiger partial charge >= 0.3 is 0 Å². The van der Waals surface area contributed by atoms with E-state index in [2.05, 4.69) is 10.3 Å². The molecule has 0 spiro atoms. The second-order valence-electron chi connectivity index (χ2n) is 7.45. The van der Waals surface area contributed by atoms with Crippen molar-refractivity contribution < 1.29 is 22.7 Å². The Morgan fingerprint density at radius 1 is 1.00 bits per heavy atom. The molecule has 0 bridgehead atoms. The van der Waals surface area contributed by atoms with E-state index in [1.807, 2.05) is 36.4 Å². The van der Waals surface area contributed by atoms with Gasteiger partial charge in [0.05, 0.1) is 21.7 Å². The number of Topliss-reactive ketones (excluding diaryl/α,β-unsaturated/α-hetero) is 1. The summed E-state index contributed by atoms with van der Waals surface area (Å²) in [7, 11) is -2.58. The van der Waals surface area contributed by atoms with Crippen molar-refractivity contribution in [3.8, 4) is 11.5 Å². The zero-order chi connectivity index (χ0) is 24.3. The molecular formula is C24H21N3O5S2. The van der Waals surface area contributed by atoms with Crippen molar-refractivity contribution in [2.75, 3.05) is 18.9 Å². The highest BCUT2D eigenvalue weighted by atomic mass is 32.2. The molecule has 34 heavy (non-hydrogen) atoms. The van der Waals surface area contributed by atoms with Crippen LogP contribution < -0.4 is 10.1 Å². The molecule has 1 N–H and O–H groups in total. The number of nitrogens with one attached hydrogen (secondary N) is 1. The van der Waals surface area contributed by atoms with Crippen LogP contribution in [0.1, 0.15) is 17.3 Å². The van der Waals surface area contributed by atoms with Gasteiger partial charge in [-0.15, -0.1) is 0 Å². The summed E-state index contributed by atoms with van der Waals surface area (Å²) in [5.74, 6) is 0.666. The first-order chi connectivity index (χ1) is 16.2. The number of para-hydroxylation sites is 1. The number of carbonyl (C=O) groups excluding carboxylic acids is 2. The van der Waals surface area contributed by atoms with E-state index in [0.29, 0.717) is 27.7 Å². The van der Waals surface area contributed by atoms with Gasteiger partial charge in [-0.1, -0.05) is 41.7 Å². The number of thiazole rings is 1. The number of ether oxygens (including phenoxy) is 1. The summed E-state index contributed by atoms with van der Waals surface area (Å²) < 4.78 is 33.1. The average Bonchev–Trinajstić information content (AvgIpc) is 3.21. The summed E-state index contributed by atoms with van der Waals surface area (Å²) in [4.78, 5) is 28.3. The molecule has 4 aromatic rings. The molecule has 0 unspecified atom stereocenters. The lowest BCUT2D eigenvalue weighted by molar-refractivity contribution is -0.116. The highest BCUT2D eigenvalue weighted by Gasteiger charge is 2.23. The minimum Gasteiger partial charge on any atom is -0.457 e. The van der Waals surface area contributed by atoms with Crippen LogP contribution >= 0.6 is 11.3 Å². The number of hydrogen-bond donors (Lipinski definition) is 1. The minimum absolute atomic E-state index is 0.00117. The third kappa shape index (κ3) is 5.30. The number of benzene rings is 3. The minimum atomic E-state index is -3.90. The SMILES string of the molecule is CC(=O)c1ccc(S(=O)(=O)N(C)CC(=O)Nc2nc3ccc(Oc4ccccc4)cc3s2)cc1. The predicted octanol–water partition coefficient (Wildman–Crippen LogP) is 4.55. The number of nitrogens with zero attached hydrogens (tertiary/aromatic N) is 2. The Morgan fingerprint density at radius 3 is 2.38 bits per heavy atom. The lowest BCUT2D eigenvalue weighted by Crippen LogP contribution is -2.34. The smallest absolute Gasteiger partial charge is 0.243 e. The number of rotatable bonds is 8. The molecule has 1 aromatic heterocycles. The van der Waals surface area contributed by atoms with Gasteiger partial charge in [-0.2, -0.15) is 4.31 Å². The first kappa shape index (κ1) is 23.6. The Balaban J connectivity index is 1.42. The number of ketones is 1. The molecule has 0 saturated heterocycles. The fourth-order valence-electron chi connectivity index (χ4n) is 3.13. The summed E-state index contributed by atoms with van der Waals surface area (Å²) in [5, 5.41) is 3.01. The molecule has 174 valence electrons. The summed E-state index contributed by atoms with van der Waals surface area (Å²) in [5.41, 5.74) is 1.10. The molecule has 0 fully saturated rings. The number of fused-ring (bicyclic) bond motifs is 1. The van der Waals surface area contributed by atoms with E-state index < -0.39 is 22.5 Å². The van der Waals surface area contributed by atoms with Crippen molar-refractivity contribution in [1.29, 1.82) is 0 Å². The van der Waals surface area contributed by atoms with Crippen molar-refractivity contribution >= 4 is 48.4 Å². The van der Waals surface area contributed by atoms with Gasteiger partial charge < -0.3 is 10.1 Å². The lowest BCUT2D eigenvalue weighted by atomic mass is 10.2. The number of anilines is 1. The Labute approximate surface area is 200 Å². The molecule has 0 aliphatic heterocycles. The molecule has 10 heteroatoms. The van der Waals surface area contributed by atoms with Gasteiger partial charge in [0.2, 0.25) is 15.9 Å². The number of likely N-dealkylation sites (N-methyl/N-ethyl adjacent to an activating group) is 1. The van der Waals surface area contributed by atoms with Crippen molar-refractivity contribution in [3.63, 3.8) is 0 Å². The maximum absolute atomic E-state index is 12.8. The van der Waals surface area contributed by atoms with Crippen LogP contribution in [0.2, 0.25) is 0 Å². The fourth-order valence-corrected chi connectivity index (χ4v) is 5.17. The van der Waals surface area contributed by atoms with Gasteiger partial charge in [0.25, 0.3) is 0 Å². The van der Waals surface area contributed by atoms with Crippen LogP contribution in [0, 0.1) is 0 Å². The Hall–Kier alpha value is -3.60. The van der Waals surface area contributed by atoms with Crippen LogP contribution in [-0.2, 0) is 14.8 Å². The number of hydrogen-bond acceptors (Lipinski definition) is 7. The Bertz CT molecular complexity index is 1450. The van der Waals surface area contributed by atoms with E-state index in [1.54, 1.807) is 12.1 Å². The summed E-state index contributed by atoms with van der Waals surface area (Å²) in [6, 6.07) is 20.4. The Morgan fingerprint density at radius 2 is 1.71 bits per heavy atom. The number of amides is 1. The second-order valence-corrected chi connectivity index (χ2v) is 10.5. The summed E-state index contributed by atoms with van der Waals surface area (Å²) in [6.07, 6.45) is 0. The topological polar surface area (TPSA) is 106 Å². The number of sulfonamides is 1. The zero-order valence-electron chi connectivity index (χ0n) is 18.4. The fraction of sp³-hybridized carbons (Fsp3) is 0.125. The van der Waals surface area contributed by atoms with Crippen LogP contribution in [-0.4, -0.2) is 43.0 Å². The molecule has 0 radical (unpaired) electrons. The summed E-state index contributed by atoms with van der Waals surface area (Å²) in [6.45, 7) is 1.01. The van der Waals surface area contributed by atoms with E-state index in [0.717, 1.165) is 9.01 Å². The third-order valence-electron chi connectivity index (χ3n) is 4.92. The highest BCUT2D eigenvalue weighted by Crippen LogP contribution is 2.31. The lowest BCUT2D eigenvalue weighted by Gasteiger charge is -2.16. The largest absolute Gasteiger partial charge is 0.457 e. The monoisotopic (exact) mass is 495 g/mol. The molecule has 0 aliphatic carbocycles. The third-order valence-corrected chi connectivity index (χ3v) is 7.67. The molecule has 0 aliphatic rings. The van der Waals surface area contributed by atoms with E-state index >= 15 is 0 Å². The van der Waals surface area contributed by atoms with Crippen LogP contribution in [0.3, 0.4) is 0 Å². The van der Waals surface area contributed by atoms with Gasteiger partial charge in [-0.3, -0.25) is 9.59 Å². The van der Waals surface area contributed by atoms with Gasteiger partial charge in [-0.25, -0.2) is 13.4 Å². The average molecular weight is 496 g/mol. The van der Waals surface area contributed by atoms with Gasteiger partial charge in [0.15, 0.2) is 10.9 Å². The first-order valence-electron chi connectivity index (χ1n) is 10.2. The van der Waals surface area contributed by atoms with Gasteiger partial charge in [-0.05, 0) is 43.3 Å². The molecule has 0 saturated carbocycles. The molecular weight excluding hydrogens is 474 g/mol. The highest BCUT2D eigenvalue weighted by molar-refractivity contribution is 7.89. The standard InChI is InChI=1S/C24H21N3O5S2/c1-16(28)17-8-11-20(12-9-17)34(30,31)27(2)15-23(29)26-24-25-21-13-10-19(14-22(21)33-24)32-18-6-4-3-5-7-18/h3-14H,15H2,1-2H3,(H,25,26,29). The van der Waals surface area contributed by atoms with Crippen LogP contribution in [0.5, 0.6) is 11.5 Å². The van der Waals surface area contributed by atoms with Crippen molar-refractivity contribution in [2.45, 2.75) is 11.8 Å². The maximum atomic E-state index is 12.8. The molecule has 1 amide bonds. The van der Waals surface area contributed by atoms with Crippen LogP contribution in [0.25, 0.3) is 10.2 Å². The molecule has 1 heterocycles. The second kappa shape index (κ2) is 9.72. The van der Waals surface area contributed by atoms with E-state index in [9.17, 15) is 18.0 Å². The van der Waals surface area contributed by atoms with E-state index in [4.69, 9.17) is 4.74 Å². The van der Waals surface area contributed by atoms with Gasteiger partial charge in [0.1, 0.15) is 11.5 Å². The molecule has 4 rings (SSSR count). The van der Waals surface area contributed by atoms with Crippen LogP contribution in [0.4, 0.5) is 5.13 Å². The van der Waals surface area contributed by atoms with E-state index in [-0.39, 0.29) is 10.7 Å². The molecule has 0 atom stereocenters. The van der Waals surface area contributed by atoms with Crippen LogP contribution in [0.15, 0.2) is 77.7 Å².